The Morgan fingerprint density at radius 2 is 2.10 bits per heavy atom. The molecule has 0 saturated heterocycles. The quantitative estimate of drug-likeness (QED) is 0.802. The third-order valence-corrected chi connectivity index (χ3v) is 4.09. The van der Waals surface area contributed by atoms with Crippen LogP contribution in [0.15, 0.2) is 12.1 Å². The average molecular weight is 301 g/mol. The number of hydrogen-bond acceptors (Lipinski definition) is 2. The van der Waals surface area contributed by atoms with Crippen molar-refractivity contribution in [2.75, 3.05) is 7.11 Å². The molecule has 6 heteroatoms. The minimum absolute atomic E-state index is 0.0532. The molecule has 1 atom stereocenters. The summed E-state index contributed by atoms with van der Waals surface area (Å²) in [5.74, 6) is -1.15. The molecule has 0 bridgehead atoms. The van der Waals surface area contributed by atoms with Gasteiger partial charge in [0.1, 0.15) is 11.3 Å². The van der Waals surface area contributed by atoms with Gasteiger partial charge in [0.15, 0.2) is 11.6 Å². The van der Waals surface area contributed by atoms with Gasteiger partial charge in [0.2, 0.25) is 0 Å². The van der Waals surface area contributed by atoms with Gasteiger partial charge >= 0.3 is 0 Å². The van der Waals surface area contributed by atoms with Gasteiger partial charge in [0.25, 0.3) is 0 Å². The number of fused-ring (bicyclic) bond motifs is 1. The first kappa shape index (κ1) is 13.8. The van der Waals surface area contributed by atoms with Gasteiger partial charge in [0, 0.05) is 13.2 Å². The van der Waals surface area contributed by atoms with Crippen molar-refractivity contribution in [2.45, 2.75) is 37.3 Å². The number of rotatable bonds is 3. The zero-order valence-corrected chi connectivity index (χ0v) is 12.0. The fraction of sp³-hybridized carbons (Fsp3) is 0.500. The van der Waals surface area contributed by atoms with Crippen LogP contribution in [-0.2, 0) is 4.74 Å². The molecule has 0 radical (unpaired) electrons. The molecule has 1 heterocycles. The molecule has 1 aliphatic rings. The van der Waals surface area contributed by atoms with E-state index in [1.54, 1.807) is 18.6 Å². The van der Waals surface area contributed by atoms with Crippen LogP contribution in [-0.4, -0.2) is 22.8 Å². The highest BCUT2D eigenvalue weighted by Crippen LogP contribution is 2.40. The number of benzene rings is 1. The lowest BCUT2D eigenvalue weighted by atomic mass is 9.88. The predicted octanol–water partition coefficient (Wildman–Crippen LogP) is 3.96. The molecule has 1 saturated carbocycles. The first-order chi connectivity index (χ1) is 9.52. The fourth-order valence-corrected chi connectivity index (χ4v) is 2.89. The van der Waals surface area contributed by atoms with E-state index < -0.39 is 11.6 Å². The second kappa shape index (κ2) is 4.97. The van der Waals surface area contributed by atoms with Crippen molar-refractivity contribution in [3.05, 3.63) is 29.6 Å². The van der Waals surface area contributed by atoms with Gasteiger partial charge in [-0.25, -0.2) is 13.8 Å². The molecule has 0 aliphatic heterocycles. The Balaban J connectivity index is 2.16. The number of methoxy groups -OCH3 is 1. The van der Waals surface area contributed by atoms with Gasteiger partial charge in [0.05, 0.1) is 17.0 Å². The zero-order valence-electron chi connectivity index (χ0n) is 11.2. The lowest BCUT2D eigenvalue weighted by Gasteiger charge is -2.36. The Kier molecular flexibility index (Phi) is 3.42. The minimum atomic E-state index is -0.866. The van der Waals surface area contributed by atoms with Gasteiger partial charge in [-0.1, -0.05) is 0 Å². The van der Waals surface area contributed by atoms with Gasteiger partial charge < -0.3 is 9.30 Å². The van der Waals surface area contributed by atoms with E-state index in [2.05, 4.69) is 4.98 Å². The van der Waals surface area contributed by atoms with Crippen LogP contribution in [0.25, 0.3) is 11.0 Å². The normalized spacial score (nSPS) is 23.9. The molecule has 0 amide bonds. The van der Waals surface area contributed by atoms with Crippen LogP contribution in [0.5, 0.6) is 0 Å². The maximum atomic E-state index is 14.1. The minimum Gasteiger partial charge on any atom is -0.381 e. The molecule has 1 aromatic heterocycles. The SMILES string of the molecule is COC1CC(n2c(C(C)Cl)nc3ccc(F)c(F)c32)C1. The third-order valence-electron chi connectivity index (χ3n) is 3.89. The van der Waals surface area contributed by atoms with E-state index in [0.717, 1.165) is 18.9 Å². The number of imidazole rings is 1. The highest BCUT2D eigenvalue weighted by molar-refractivity contribution is 6.20. The Bertz CT molecular complexity index is 650. The van der Waals surface area contributed by atoms with Gasteiger partial charge in [-0.3, -0.25) is 0 Å². The standard InChI is InChI=1S/C14H15ClF2N2O/c1-7(15)14-18-11-4-3-10(16)12(17)13(11)19(14)8-5-9(6-8)20-2/h3-4,7-9H,5-6H2,1-2H3. The summed E-state index contributed by atoms with van der Waals surface area (Å²) < 4.78 is 34.6. The molecule has 1 aromatic carbocycles. The maximum Gasteiger partial charge on any atom is 0.184 e. The molecule has 20 heavy (non-hydrogen) atoms. The van der Waals surface area contributed by atoms with Crippen molar-refractivity contribution in [1.29, 1.82) is 0 Å². The predicted molar refractivity (Wildman–Crippen MR) is 73.0 cm³/mol. The summed E-state index contributed by atoms with van der Waals surface area (Å²) in [6, 6.07) is 2.63. The van der Waals surface area contributed by atoms with Crippen molar-refractivity contribution in [3.63, 3.8) is 0 Å². The van der Waals surface area contributed by atoms with Crippen LogP contribution in [0.4, 0.5) is 8.78 Å². The van der Waals surface area contributed by atoms with E-state index in [1.807, 2.05) is 0 Å². The zero-order chi connectivity index (χ0) is 14.4. The fourth-order valence-electron chi connectivity index (χ4n) is 2.73. The molecular weight excluding hydrogens is 286 g/mol. The Labute approximate surface area is 120 Å². The summed E-state index contributed by atoms with van der Waals surface area (Å²) in [7, 11) is 1.65. The number of halogens is 3. The summed E-state index contributed by atoms with van der Waals surface area (Å²) in [5, 5.41) is -0.369. The van der Waals surface area contributed by atoms with Crippen LogP contribution in [0, 0.1) is 11.6 Å². The molecule has 3 nitrogen and oxygen atoms in total. The van der Waals surface area contributed by atoms with E-state index in [9.17, 15) is 8.78 Å². The summed E-state index contributed by atoms with van der Waals surface area (Å²) in [5.41, 5.74) is 0.638. The van der Waals surface area contributed by atoms with Gasteiger partial charge in [-0.05, 0) is 31.9 Å². The monoisotopic (exact) mass is 300 g/mol. The van der Waals surface area contributed by atoms with Gasteiger partial charge in [-0.15, -0.1) is 11.6 Å². The van der Waals surface area contributed by atoms with Crippen molar-refractivity contribution in [2.24, 2.45) is 0 Å². The Morgan fingerprint density at radius 1 is 1.40 bits per heavy atom. The van der Waals surface area contributed by atoms with Crippen molar-refractivity contribution < 1.29 is 13.5 Å². The van der Waals surface area contributed by atoms with Crippen LogP contribution < -0.4 is 0 Å². The van der Waals surface area contributed by atoms with Crippen LogP contribution in [0.2, 0.25) is 0 Å². The molecule has 108 valence electrons. The van der Waals surface area contributed by atoms with Gasteiger partial charge in [-0.2, -0.15) is 0 Å². The Hall–Kier alpha value is -1.20. The first-order valence-corrected chi connectivity index (χ1v) is 6.99. The number of nitrogens with zero attached hydrogens (tertiary/aromatic N) is 2. The van der Waals surface area contributed by atoms with Crippen molar-refractivity contribution in [3.8, 4) is 0 Å². The third kappa shape index (κ3) is 2.00. The topological polar surface area (TPSA) is 27.1 Å². The second-order valence-electron chi connectivity index (χ2n) is 5.17. The summed E-state index contributed by atoms with van der Waals surface area (Å²) in [4.78, 5) is 4.35. The first-order valence-electron chi connectivity index (χ1n) is 6.55. The van der Waals surface area contributed by atoms with Crippen molar-refractivity contribution in [1.82, 2.24) is 9.55 Å². The summed E-state index contributed by atoms with van der Waals surface area (Å²) >= 11 is 6.14. The number of ether oxygens (including phenoxy) is 1. The molecule has 1 unspecified atom stereocenters. The average Bonchev–Trinajstić information content (AvgIpc) is 2.73. The molecular formula is C14H15ClF2N2O. The van der Waals surface area contributed by atoms with Crippen LogP contribution in [0.1, 0.15) is 37.0 Å². The van der Waals surface area contributed by atoms with Crippen LogP contribution >= 0.6 is 11.6 Å². The van der Waals surface area contributed by atoms with Crippen LogP contribution in [0.3, 0.4) is 0 Å². The number of hydrogen-bond donors (Lipinski definition) is 0. The largest absolute Gasteiger partial charge is 0.381 e. The summed E-state index contributed by atoms with van der Waals surface area (Å²) in [6.45, 7) is 1.78. The summed E-state index contributed by atoms with van der Waals surface area (Å²) in [6.07, 6.45) is 1.68. The smallest absolute Gasteiger partial charge is 0.184 e. The van der Waals surface area contributed by atoms with Crippen molar-refractivity contribution >= 4 is 22.6 Å². The highest BCUT2D eigenvalue weighted by atomic mass is 35.5. The van der Waals surface area contributed by atoms with E-state index in [0.29, 0.717) is 11.3 Å². The number of aromatic nitrogens is 2. The lowest BCUT2D eigenvalue weighted by molar-refractivity contribution is 0.00643. The second-order valence-corrected chi connectivity index (χ2v) is 5.82. The number of alkyl halides is 1. The van der Waals surface area contributed by atoms with E-state index in [-0.39, 0.29) is 23.0 Å². The molecule has 1 aliphatic carbocycles. The van der Waals surface area contributed by atoms with E-state index >= 15 is 0 Å². The highest BCUT2D eigenvalue weighted by Gasteiger charge is 2.34. The van der Waals surface area contributed by atoms with E-state index in [4.69, 9.17) is 16.3 Å². The van der Waals surface area contributed by atoms with E-state index in [1.165, 1.54) is 6.07 Å². The molecule has 3 rings (SSSR count). The molecule has 1 fully saturated rings. The Morgan fingerprint density at radius 3 is 2.70 bits per heavy atom. The molecule has 2 aromatic rings. The lowest BCUT2D eigenvalue weighted by Crippen LogP contribution is -2.33. The molecule has 0 spiro atoms. The maximum absolute atomic E-state index is 14.1. The molecule has 0 N–H and O–H groups in total.